The van der Waals surface area contributed by atoms with Crippen molar-refractivity contribution in [1.29, 1.82) is 0 Å². The molecule has 0 saturated carbocycles. The van der Waals surface area contributed by atoms with Gasteiger partial charge in [0.1, 0.15) is 0 Å². The van der Waals surface area contributed by atoms with Gasteiger partial charge in [-0.05, 0) is 19.8 Å². The Morgan fingerprint density at radius 2 is 2.06 bits per heavy atom. The Balaban J connectivity index is 2.23. The zero-order valence-electron chi connectivity index (χ0n) is 11.0. The molecule has 1 heterocycles. The summed E-state index contributed by atoms with van der Waals surface area (Å²) in [6, 6.07) is 0.289. The smallest absolute Gasteiger partial charge is 0.409 e. The van der Waals surface area contributed by atoms with Crippen LogP contribution < -0.4 is 5.32 Å². The van der Waals surface area contributed by atoms with Crippen molar-refractivity contribution in [1.82, 2.24) is 10.2 Å². The molecule has 1 saturated heterocycles. The summed E-state index contributed by atoms with van der Waals surface area (Å²) in [6.07, 6.45) is 1.42. The zero-order chi connectivity index (χ0) is 13.5. The lowest BCUT2D eigenvalue weighted by Crippen LogP contribution is -2.46. The largest absolute Gasteiger partial charge is 0.481 e. The summed E-state index contributed by atoms with van der Waals surface area (Å²) in [5.74, 6) is -1.17. The molecular weight excluding hydrogens is 236 g/mol. The summed E-state index contributed by atoms with van der Waals surface area (Å²) >= 11 is 0. The average molecular weight is 258 g/mol. The van der Waals surface area contributed by atoms with Crippen LogP contribution in [0.4, 0.5) is 4.79 Å². The third kappa shape index (κ3) is 4.52. The molecule has 0 radical (unpaired) electrons. The zero-order valence-corrected chi connectivity index (χ0v) is 11.0. The molecule has 1 amide bonds. The van der Waals surface area contributed by atoms with Crippen LogP contribution in [0.1, 0.15) is 26.7 Å². The van der Waals surface area contributed by atoms with E-state index in [2.05, 4.69) is 5.32 Å². The molecule has 1 rings (SSSR count). The van der Waals surface area contributed by atoms with E-state index in [4.69, 9.17) is 9.84 Å². The predicted octanol–water partition coefficient (Wildman–Crippen LogP) is 0.918. The third-order valence-corrected chi connectivity index (χ3v) is 3.16. The lowest BCUT2D eigenvalue weighted by atomic mass is 10.0. The van der Waals surface area contributed by atoms with E-state index in [-0.39, 0.29) is 18.1 Å². The highest BCUT2D eigenvalue weighted by molar-refractivity contribution is 5.69. The molecule has 18 heavy (non-hydrogen) atoms. The fourth-order valence-electron chi connectivity index (χ4n) is 1.91. The van der Waals surface area contributed by atoms with Crippen LogP contribution in [0, 0.1) is 5.92 Å². The van der Waals surface area contributed by atoms with Crippen LogP contribution in [0.5, 0.6) is 0 Å². The minimum Gasteiger partial charge on any atom is -0.481 e. The van der Waals surface area contributed by atoms with Crippen LogP contribution in [0.2, 0.25) is 0 Å². The van der Waals surface area contributed by atoms with E-state index >= 15 is 0 Å². The number of aliphatic carboxylic acids is 1. The molecule has 1 atom stereocenters. The molecule has 0 aliphatic carbocycles. The standard InChI is InChI=1S/C12H22N2O4/c1-3-18-12(17)14-6-4-10(5-7-14)13-8-9(2)11(15)16/h9-10,13H,3-8H2,1-2H3,(H,15,16). The predicted molar refractivity (Wildman–Crippen MR) is 66.4 cm³/mol. The Labute approximate surface area is 107 Å². The normalized spacial score (nSPS) is 18.4. The molecule has 6 heteroatoms. The van der Waals surface area contributed by atoms with Gasteiger partial charge in [0.05, 0.1) is 12.5 Å². The number of carboxylic acid groups (broad SMARTS) is 1. The molecule has 0 aromatic carbocycles. The lowest BCUT2D eigenvalue weighted by Gasteiger charge is -2.32. The number of likely N-dealkylation sites (tertiary alicyclic amines) is 1. The minimum absolute atomic E-state index is 0.255. The van der Waals surface area contributed by atoms with Gasteiger partial charge in [0.25, 0.3) is 0 Å². The monoisotopic (exact) mass is 258 g/mol. The fraction of sp³-hybridized carbons (Fsp3) is 0.833. The lowest BCUT2D eigenvalue weighted by molar-refractivity contribution is -0.141. The van der Waals surface area contributed by atoms with Crippen molar-refractivity contribution in [3.8, 4) is 0 Å². The maximum Gasteiger partial charge on any atom is 0.409 e. The van der Waals surface area contributed by atoms with Crippen molar-refractivity contribution in [2.24, 2.45) is 5.92 Å². The van der Waals surface area contributed by atoms with Gasteiger partial charge in [0.2, 0.25) is 0 Å². The first-order valence-electron chi connectivity index (χ1n) is 6.42. The number of ether oxygens (including phenoxy) is 1. The number of carbonyl (C=O) groups excluding carboxylic acids is 1. The van der Waals surface area contributed by atoms with E-state index in [1.54, 1.807) is 18.7 Å². The van der Waals surface area contributed by atoms with Crippen molar-refractivity contribution in [2.75, 3.05) is 26.2 Å². The molecule has 0 spiro atoms. The molecule has 1 aliphatic rings. The van der Waals surface area contributed by atoms with Gasteiger partial charge in [0, 0.05) is 25.7 Å². The Kier molecular flexibility index (Phi) is 5.91. The van der Waals surface area contributed by atoms with Gasteiger partial charge in [-0.2, -0.15) is 0 Å². The van der Waals surface area contributed by atoms with Crippen LogP contribution in [-0.2, 0) is 9.53 Å². The highest BCUT2D eigenvalue weighted by Gasteiger charge is 2.24. The molecule has 0 aromatic heterocycles. The molecule has 2 N–H and O–H groups in total. The molecule has 6 nitrogen and oxygen atoms in total. The van der Waals surface area contributed by atoms with Crippen molar-refractivity contribution < 1.29 is 19.4 Å². The summed E-state index contributed by atoms with van der Waals surface area (Å²) < 4.78 is 4.94. The first kappa shape index (κ1) is 14.8. The Morgan fingerprint density at radius 1 is 1.44 bits per heavy atom. The summed E-state index contributed by atoms with van der Waals surface area (Å²) in [5.41, 5.74) is 0. The van der Waals surface area contributed by atoms with E-state index in [1.807, 2.05) is 0 Å². The number of nitrogens with one attached hydrogen (secondary N) is 1. The topological polar surface area (TPSA) is 78.9 Å². The Bertz CT molecular complexity index is 288. The number of rotatable bonds is 5. The van der Waals surface area contributed by atoms with Gasteiger partial charge < -0.3 is 20.1 Å². The minimum atomic E-state index is -0.786. The summed E-state index contributed by atoms with van der Waals surface area (Å²) in [5, 5.41) is 12.0. The number of nitrogens with zero attached hydrogens (tertiary/aromatic N) is 1. The van der Waals surface area contributed by atoms with E-state index in [9.17, 15) is 9.59 Å². The van der Waals surface area contributed by atoms with Gasteiger partial charge >= 0.3 is 12.1 Å². The molecule has 0 bridgehead atoms. The number of amides is 1. The van der Waals surface area contributed by atoms with Crippen molar-refractivity contribution in [3.63, 3.8) is 0 Å². The van der Waals surface area contributed by atoms with Gasteiger partial charge in [-0.3, -0.25) is 4.79 Å². The second kappa shape index (κ2) is 7.20. The number of carbonyl (C=O) groups is 2. The van der Waals surface area contributed by atoms with Crippen molar-refractivity contribution in [2.45, 2.75) is 32.7 Å². The van der Waals surface area contributed by atoms with Crippen LogP contribution in [0.15, 0.2) is 0 Å². The third-order valence-electron chi connectivity index (χ3n) is 3.16. The number of hydrogen-bond donors (Lipinski definition) is 2. The second-order valence-corrected chi connectivity index (χ2v) is 4.61. The maximum atomic E-state index is 11.5. The number of piperidine rings is 1. The fourth-order valence-corrected chi connectivity index (χ4v) is 1.91. The first-order chi connectivity index (χ1) is 8.54. The summed E-state index contributed by atoms with van der Waals surface area (Å²) in [4.78, 5) is 23.8. The molecule has 104 valence electrons. The summed E-state index contributed by atoms with van der Waals surface area (Å²) in [6.45, 7) is 5.67. The molecule has 1 aliphatic heterocycles. The van der Waals surface area contributed by atoms with Gasteiger partial charge in [0.15, 0.2) is 0 Å². The summed E-state index contributed by atoms with van der Waals surface area (Å²) in [7, 11) is 0. The second-order valence-electron chi connectivity index (χ2n) is 4.61. The average Bonchev–Trinajstić information content (AvgIpc) is 2.36. The maximum absolute atomic E-state index is 11.5. The Hall–Kier alpha value is -1.30. The van der Waals surface area contributed by atoms with Crippen LogP contribution in [0.3, 0.4) is 0 Å². The van der Waals surface area contributed by atoms with E-state index in [0.717, 1.165) is 12.8 Å². The van der Waals surface area contributed by atoms with Gasteiger partial charge in [-0.15, -0.1) is 0 Å². The van der Waals surface area contributed by atoms with Crippen molar-refractivity contribution >= 4 is 12.1 Å². The van der Waals surface area contributed by atoms with Crippen molar-refractivity contribution in [3.05, 3.63) is 0 Å². The SMILES string of the molecule is CCOC(=O)N1CCC(NCC(C)C(=O)O)CC1. The van der Waals surface area contributed by atoms with E-state index in [0.29, 0.717) is 26.2 Å². The first-order valence-corrected chi connectivity index (χ1v) is 6.42. The quantitative estimate of drug-likeness (QED) is 0.766. The number of hydrogen-bond acceptors (Lipinski definition) is 4. The number of carboxylic acids is 1. The molecule has 0 aromatic rings. The van der Waals surface area contributed by atoms with Gasteiger partial charge in [-0.1, -0.05) is 6.92 Å². The van der Waals surface area contributed by atoms with Crippen LogP contribution in [-0.4, -0.2) is 54.4 Å². The molecular formula is C12H22N2O4. The van der Waals surface area contributed by atoms with E-state index < -0.39 is 5.97 Å². The highest BCUT2D eigenvalue weighted by atomic mass is 16.6. The van der Waals surface area contributed by atoms with Crippen LogP contribution >= 0.6 is 0 Å². The molecule has 1 fully saturated rings. The van der Waals surface area contributed by atoms with E-state index in [1.165, 1.54) is 0 Å². The van der Waals surface area contributed by atoms with Gasteiger partial charge in [-0.25, -0.2) is 4.79 Å². The highest BCUT2D eigenvalue weighted by Crippen LogP contribution is 2.11. The molecule has 1 unspecified atom stereocenters. The van der Waals surface area contributed by atoms with Crippen LogP contribution in [0.25, 0.3) is 0 Å². The Morgan fingerprint density at radius 3 is 2.56 bits per heavy atom.